The van der Waals surface area contributed by atoms with E-state index in [1.165, 1.54) is 42.6 Å². The normalized spacial score (nSPS) is 19.3. The molecular formula is C16H26N2. The van der Waals surface area contributed by atoms with Gasteiger partial charge in [-0.2, -0.15) is 0 Å². The van der Waals surface area contributed by atoms with Crippen LogP contribution in [0.3, 0.4) is 0 Å². The molecule has 18 heavy (non-hydrogen) atoms. The maximum atomic E-state index is 3.57. The van der Waals surface area contributed by atoms with Crippen molar-refractivity contribution in [3.05, 3.63) is 34.9 Å². The minimum absolute atomic E-state index is 0.901. The van der Waals surface area contributed by atoms with Crippen molar-refractivity contribution in [1.29, 1.82) is 0 Å². The molecule has 1 heterocycles. The van der Waals surface area contributed by atoms with E-state index in [1.807, 2.05) is 0 Å². The number of aryl methyl sites for hydroxylation is 2. The zero-order chi connectivity index (χ0) is 12.8. The van der Waals surface area contributed by atoms with Gasteiger partial charge in [0.25, 0.3) is 0 Å². The molecule has 2 N–H and O–H groups in total. The lowest BCUT2D eigenvalue weighted by Gasteiger charge is -2.10. The van der Waals surface area contributed by atoms with E-state index in [0.717, 1.165) is 25.4 Å². The van der Waals surface area contributed by atoms with Crippen molar-refractivity contribution < 1.29 is 0 Å². The first-order chi connectivity index (χ1) is 8.75. The van der Waals surface area contributed by atoms with Crippen LogP contribution in [0.25, 0.3) is 0 Å². The molecule has 0 radical (unpaired) electrons. The van der Waals surface area contributed by atoms with E-state index in [4.69, 9.17) is 0 Å². The molecule has 0 saturated carbocycles. The Labute approximate surface area is 111 Å². The smallest absolute Gasteiger partial charge is 0.000825 e. The van der Waals surface area contributed by atoms with Crippen LogP contribution in [-0.2, 0) is 6.42 Å². The predicted octanol–water partition coefficient (Wildman–Crippen LogP) is 2.44. The van der Waals surface area contributed by atoms with Crippen LogP contribution in [-0.4, -0.2) is 26.2 Å². The predicted molar refractivity (Wildman–Crippen MR) is 78.1 cm³/mol. The van der Waals surface area contributed by atoms with Gasteiger partial charge >= 0.3 is 0 Å². The number of benzene rings is 1. The molecule has 0 aromatic heterocycles. The van der Waals surface area contributed by atoms with Crippen LogP contribution in [0.1, 0.15) is 29.5 Å². The average molecular weight is 246 g/mol. The van der Waals surface area contributed by atoms with E-state index in [0.29, 0.717) is 0 Å². The highest BCUT2D eigenvalue weighted by Gasteiger charge is 2.13. The lowest BCUT2D eigenvalue weighted by atomic mass is 10.0. The van der Waals surface area contributed by atoms with Gasteiger partial charge in [-0.3, -0.25) is 0 Å². The van der Waals surface area contributed by atoms with Gasteiger partial charge in [-0.05, 0) is 76.3 Å². The Morgan fingerprint density at radius 1 is 1.28 bits per heavy atom. The van der Waals surface area contributed by atoms with Crippen molar-refractivity contribution in [3.8, 4) is 0 Å². The molecule has 2 nitrogen and oxygen atoms in total. The summed E-state index contributed by atoms with van der Waals surface area (Å²) in [6.45, 7) is 9.07. The summed E-state index contributed by atoms with van der Waals surface area (Å²) in [6.07, 6.45) is 3.83. The molecule has 0 amide bonds. The van der Waals surface area contributed by atoms with Crippen molar-refractivity contribution in [3.63, 3.8) is 0 Å². The first kappa shape index (κ1) is 13.6. The van der Waals surface area contributed by atoms with Gasteiger partial charge < -0.3 is 10.6 Å². The average Bonchev–Trinajstić information content (AvgIpc) is 2.84. The van der Waals surface area contributed by atoms with Gasteiger partial charge in [0.05, 0.1) is 0 Å². The monoisotopic (exact) mass is 246 g/mol. The minimum Gasteiger partial charge on any atom is -0.316 e. The van der Waals surface area contributed by atoms with Crippen molar-refractivity contribution in [2.24, 2.45) is 5.92 Å². The third-order valence-electron chi connectivity index (χ3n) is 3.96. The number of nitrogens with one attached hydrogen (secondary N) is 2. The summed E-state index contributed by atoms with van der Waals surface area (Å²) in [5, 5.41) is 7.00. The van der Waals surface area contributed by atoms with E-state index in [1.54, 1.807) is 0 Å². The van der Waals surface area contributed by atoms with Gasteiger partial charge in [-0.25, -0.2) is 0 Å². The summed E-state index contributed by atoms with van der Waals surface area (Å²) in [4.78, 5) is 0. The third-order valence-corrected chi connectivity index (χ3v) is 3.96. The van der Waals surface area contributed by atoms with Gasteiger partial charge in [-0.15, -0.1) is 0 Å². The molecule has 1 fully saturated rings. The molecule has 0 aliphatic carbocycles. The Morgan fingerprint density at radius 2 is 2.17 bits per heavy atom. The van der Waals surface area contributed by atoms with E-state index in [9.17, 15) is 0 Å². The van der Waals surface area contributed by atoms with Crippen molar-refractivity contribution in [1.82, 2.24) is 10.6 Å². The molecule has 1 aliphatic rings. The van der Waals surface area contributed by atoms with E-state index in [2.05, 4.69) is 42.7 Å². The van der Waals surface area contributed by atoms with Crippen LogP contribution in [0.4, 0.5) is 0 Å². The van der Waals surface area contributed by atoms with Crippen LogP contribution in [0.2, 0.25) is 0 Å². The van der Waals surface area contributed by atoms with Crippen molar-refractivity contribution in [2.45, 2.75) is 33.1 Å². The summed E-state index contributed by atoms with van der Waals surface area (Å²) in [7, 11) is 0. The lowest BCUT2D eigenvalue weighted by Crippen LogP contribution is -2.21. The Bertz CT molecular complexity index is 367. The Hall–Kier alpha value is -0.860. The third kappa shape index (κ3) is 4.11. The van der Waals surface area contributed by atoms with Gasteiger partial charge in [-0.1, -0.05) is 23.8 Å². The highest BCUT2D eigenvalue weighted by Crippen LogP contribution is 2.12. The Balaban J connectivity index is 1.62. The molecule has 2 rings (SSSR count). The van der Waals surface area contributed by atoms with Crippen molar-refractivity contribution >= 4 is 0 Å². The quantitative estimate of drug-likeness (QED) is 0.753. The second kappa shape index (κ2) is 6.91. The lowest BCUT2D eigenvalue weighted by molar-refractivity contribution is 0.501. The largest absolute Gasteiger partial charge is 0.316 e. The Morgan fingerprint density at radius 3 is 2.89 bits per heavy atom. The van der Waals surface area contributed by atoms with Gasteiger partial charge in [0.2, 0.25) is 0 Å². The first-order valence-corrected chi connectivity index (χ1v) is 7.23. The van der Waals surface area contributed by atoms with E-state index in [-0.39, 0.29) is 0 Å². The summed E-state index contributed by atoms with van der Waals surface area (Å²) >= 11 is 0. The molecule has 2 heteroatoms. The van der Waals surface area contributed by atoms with Gasteiger partial charge in [0, 0.05) is 0 Å². The summed E-state index contributed by atoms with van der Waals surface area (Å²) in [5.74, 6) is 0.901. The highest BCUT2D eigenvalue weighted by molar-refractivity contribution is 5.30. The van der Waals surface area contributed by atoms with Crippen LogP contribution in [0.15, 0.2) is 18.2 Å². The van der Waals surface area contributed by atoms with Gasteiger partial charge in [0.15, 0.2) is 0 Å². The molecule has 1 atom stereocenters. The van der Waals surface area contributed by atoms with Crippen molar-refractivity contribution in [2.75, 3.05) is 26.2 Å². The topological polar surface area (TPSA) is 24.1 Å². The van der Waals surface area contributed by atoms with E-state index < -0.39 is 0 Å². The summed E-state index contributed by atoms with van der Waals surface area (Å²) in [6, 6.07) is 6.76. The van der Waals surface area contributed by atoms with Crippen LogP contribution < -0.4 is 10.6 Å². The first-order valence-electron chi connectivity index (χ1n) is 7.23. The number of hydrogen-bond donors (Lipinski definition) is 2. The fraction of sp³-hybridized carbons (Fsp3) is 0.625. The summed E-state index contributed by atoms with van der Waals surface area (Å²) < 4.78 is 0. The molecule has 1 aromatic carbocycles. The Kier molecular flexibility index (Phi) is 5.21. The van der Waals surface area contributed by atoms with Gasteiger partial charge in [0.1, 0.15) is 0 Å². The molecule has 1 aliphatic heterocycles. The molecule has 1 unspecified atom stereocenters. The van der Waals surface area contributed by atoms with Crippen LogP contribution in [0, 0.1) is 19.8 Å². The minimum atomic E-state index is 0.901. The number of rotatable bonds is 6. The molecule has 100 valence electrons. The second-order valence-electron chi connectivity index (χ2n) is 5.58. The fourth-order valence-corrected chi connectivity index (χ4v) is 2.74. The zero-order valence-corrected chi connectivity index (χ0v) is 11.8. The van der Waals surface area contributed by atoms with Crippen LogP contribution >= 0.6 is 0 Å². The fourth-order valence-electron chi connectivity index (χ4n) is 2.74. The maximum Gasteiger partial charge on any atom is -0.000825 e. The van der Waals surface area contributed by atoms with Crippen LogP contribution in [0.5, 0.6) is 0 Å². The van der Waals surface area contributed by atoms with E-state index >= 15 is 0 Å². The molecule has 0 bridgehead atoms. The molecule has 1 saturated heterocycles. The number of hydrogen-bond acceptors (Lipinski definition) is 2. The molecule has 1 aromatic rings. The second-order valence-corrected chi connectivity index (χ2v) is 5.58. The zero-order valence-electron chi connectivity index (χ0n) is 11.8. The summed E-state index contributed by atoms with van der Waals surface area (Å²) in [5.41, 5.74) is 4.27. The SMILES string of the molecule is Cc1ccc(CCNCCC2CCNC2)c(C)c1. The molecular weight excluding hydrogens is 220 g/mol. The maximum absolute atomic E-state index is 3.57. The molecule has 0 spiro atoms. The highest BCUT2D eigenvalue weighted by atomic mass is 14.9. The standard InChI is InChI=1S/C16H26N2/c1-13-3-4-16(14(2)11-13)7-10-17-8-5-15-6-9-18-12-15/h3-4,11,15,17-18H,5-10,12H2,1-2H3.